The summed E-state index contributed by atoms with van der Waals surface area (Å²) in [7, 11) is 1.67. The van der Waals surface area contributed by atoms with Gasteiger partial charge in [-0.1, -0.05) is 20.3 Å². The molecule has 2 aliphatic rings. The van der Waals surface area contributed by atoms with Crippen LogP contribution < -0.4 is 9.80 Å². The van der Waals surface area contributed by atoms with Crippen LogP contribution in [0, 0.1) is 5.41 Å². The van der Waals surface area contributed by atoms with Crippen molar-refractivity contribution in [2.75, 3.05) is 29.9 Å². The van der Waals surface area contributed by atoms with Crippen molar-refractivity contribution in [2.24, 2.45) is 5.41 Å². The van der Waals surface area contributed by atoms with Gasteiger partial charge >= 0.3 is 0 Å². The van der Waals surface area contributed by atoms with E-state index < -0.39 is 11.7 Å². The molecule has 0 unspecified atom stereocenters. The average Bonchev–Trinajstić information content (AvgIpc) is 2.72. The quantitative estimate of drug-likeness (QED) is 0.785. The molecule has 1 amide bonds. The fraction of sp³-hybridized carbons (Fsp3) is 0.529. The van der Waals surface area contributed by atoms with Crippen molar-refractivity contribution >= 4 is 23.1 Å². The molecule has 2 aliphatic heterocycles. The molecule has 21 heavy (non-hydrogen) atoms. The van der Waals surface area contributed by atoms with Gasteiger partial charge in [0.15, 0.2) is 0 Å². The van der Waals surface area contributed by atoms with Crippen molar-refractivity contribution < 1.29 is 9.59 Å². The number of benzene rings is 1. The minimum Gasteiger partial charge on any atom is -0.371 e. The number of fused-ring (bicyclic) bond motifs is 1. The van der Waals surface area contributed by atoms with Crippen LogP contribution in [0.25, 0.3) is 0 Å². The lowest BCUT2D eigenvalue weighted by Gasteiger charge is -2.40. The van der Waals surface area contributed by atoms with E-state index in [1.54, 1.807) is 13.1 Å². The highest BCUT2D eigenvalue weighted by Gasteiger charge is 2.34. The first-order valence-corrected chi connectivity index (χ1v) is 7.66. The van der Waals surface area contributed by atoms with Crippen molar-refractivity contribution in [3.05, 3.63) is 23.8 Å². The molecule has 3 rings (SSSR count). The average molecular weight is 286 g/mol. The van der Waals surface area contributed by atoms with E-state index in [1.807, 2.05) is 12.1 Å². The lowest BCUT2D eigenvalue weighted by atomic mass is 9.78. The van der Waals surface area contributed by atoms with Crippen LogP contribution in [0.1, 0.15) is 43.5 Å². The van der Waals surface area contributed by atoms with Crippen molar-refractivity contribution in [2.45, 2.75) is 33.1 Å². The van der Waals surface area contributed by atoms with Crippen LogP contribution >= 0.6 is 0 Å². The summed E-state index contributed by atoms with van der Waals surface area (Å²) in [5.41, 5.74) is 2.84. The maximum absolute atomic E-state index is 11.8. The van der Waals surface area contributed by atoms with E-state index >= 15 is 0 Å². The number of amides is 1. The fourth-order valence-electron chi connectivity index (χ4n) is 3.22. The largest absolute Gasteiger partial charge is 0.371 e. The second-order valence-corrected chi connectivity index (χ2v) is 6.55. The van der Waals surface area contributed by atoms with Gasteiger partial charge in [0.1, 0.15) is 0 Å². The van der Waals surface area contributed by atoms with Crippen LogP contribution in [-0.2, 0) is 4.79 Å². The van der Waals surface area contributed by atoms with E-state index in [2.05, 4.69) is 18.7 Å². The summed E-state index contributed by atoms with van der Waals surface area (Å²) < 4.78 is 0. The smallest absolute Gasteiger partial charge is 0.299 e. The first-order chi connectivity index (χ1) is 9.95. The summed E-state index contributed by atoms with van der Waals surface area (Å²) in [6.45, 7) is 6.69. The molecule has 1 aromatic carbocycles. The molecule has 1 aromatic rings. The Morgan fingerprint density at radius 3 is 2.48 bits per heavy atom. The maximum Gasteiger partial charge on any atom is 0.299 e. The molecule has 0 spiro atoms. The van der Waals surface area contributed by atoms with E-state index in [1.165, 1.54) is 24.2 Å². The Kier molecular flexibility index (Phi) is 3.27. The molecule has 4 nitrogen and oxygen atoms in total. The van der Waals surface area contributed by atoms with Crippen molar-refractivity contribution in [3.63, 3.8) is 0 Å². The lowest BCUT2D eigenvalue weighted by Crippen LogP contribution is -2.38. The van der Waals surface area contributed by atoms with E-state index in [4.69, 9.17) is 0 Å². The van der Waals surface area contributed by atoms with E-state index in [-0.39, 0.29) is 0 Å². The number of carbonyl (C=O) groups is 2. The number of nitrogens with zero attached hydrogens (tertiary/aromatic N) is 2. The highest BCUT2D eigenvalue weighted by atomic mass is 16.2. The topological polar surface area (TPSA) is 40.6 Å². The Morgan fingerprint density at radius 2 is 1.86 bits per heavy atom. The Hall–Kier alpha value is -1.84. The number of hydrogen-bond acceptors (Lipinski definition) is 3. The molecule has 0 atom stereocenters. The highest BCUT2D eigenvalue weighted by Crippen LogP contribution is 2.37. The molecule has 1 saturated heterocycles. The van der Waals surface area contributed by atoms with Crippen molar-refractivity contribution in [3.8, 4) is 0 Å². The number of anilines is 2. The van der Waals surface area contributed by atoms with Gasteiger partial charge in [-0.15, -0.1) is 0 Å². The summed E-state index contributed by atoms with van der Waals surface area (Å²) in [6, 6.07) is 5.74. The van der Waals surface area contributed by atoms with Gasteiger partial charge in [0.25, 0.3) is 11.7 Å². The molecular formula is C17H22N2O2. The zero-order valence-electron chi connectivity index (χ0n) is 13.0. The maximum atomic E-state index is 11.8. The SMILES string of the molecule is CCC1(C)CCN(c2ccc3c(c2)N(C)C(=O)C3=O)CC1. The van der Waals surface area contributed by atoms with Crippen molar-refractivity contribution in [1.29, 1.82) is 0 Å². The standard InChI is InChI=1S/C17H22N2O2/c1-4-17(2)7-9-19(10-8-17)12-5-6-13-14(11-12)18(3)16(21)15(13)20/h5-6,11H,4,7-10H2,1-3H3. The molecule has 112 valence electrons. The molecule has 0 bridgehead atoms. The minimum absolute atomic E-state index is 0.392. The van der Waals surface area contributed by atoms with Gasteiger partial charge in [0.2, 0.25) is 0 Å². The van der Waals surface area contributed by atoms with Gasteiger partial charge in [0.05, 0.1) is 11.3 Å². The normalized spacial score (nSPS) is 20.9. The van der Waals surface area contributed by atoms with Crippen LogP contribution in [0.2, 0.25) is 0 Å². The fourth-order valence-corrected chi connectivity index (χ4v) is 3.22. The monoisotopic (exact) mass is 286 g/mol. The molecule has 0 aromatic heterocycles. The Balaban J connectivity index is 1.83. The molecule has 0 saturated carbocycles. The minimum atomic E-state index is -0.431. The van der Waals surface area contributed by atoms with Crippen LogP contribution in [0.3, 0.4) is 0 Å². The number of rotatable bonds is 2. The third-order valence-electron chi connectivity index (χ3n) is 5.28. The molecule has 0 aliphatic carbocycles. The highest BCUT2D eigenvalue weighted by molar-refractivity contribution is 6.52. The van der Waals surface area contributed by atoms with Gasteiger partial charge in [-0.05, 0) is 36.5 Å². The number of likely N-dealkylation sites (N-methyl/N-ethyl adjacent to an activating group) is 1. The van der Waals surface area contributed by atoms with Gasteiger partial charge < -0.3 is 9.80 Å². The summed E-state index contributed by atoms with van der Waals surface area (Å²) in [5.74, 6) is -0.824. The lowest BCUT2D eigenvalue weighted by molar-refractivity contribution is -0.114. The molecule has 0 N–H and O–H groups in total. The third kappa shape index (κ3) is 2.23. The third-order valence-corrected chi connectivity index (χ3v) is 5.28. The van der Waals surface area contributed by atoms with Gasteiger partial charge in [-0.3, -0.25) is 9.59 Å². The second kappa shape index (κ2) is 4.86. The first kappa shape index (κ1) is 14.1. The number of Topliss-reactive ketones (excluding diaryl/α,β-unsaturated/α-hetero) is 1. The second-order valence-electron chi connectivity index (χ2n) is 6.55. The Morgan fingerprint density at radius 1 is 1.19 bits per heavy atom. The predicted molar refractivity (Wildman–Crippen MR) is 84.0 cm³/mol. The van der Waals surface area contributed by atoms with Gasteiger partial charge in [-0.2, -0.15) is 0 Å². The Bertz CT molecular complexity index is 601. The number of piperidine rings is 1. The van der Waals surface area contributed by atoms with E-state index in [9.17, 15) is 9.59 Å². The zero-order valence-corrected chi connectivity index (χ0v) is 13.0. The van der Waals surface area contributed by atoms with E-state index in [0.29, 0.717) is 11.0 Å². The predicted octanol–water partition coefficient (Wildman–Crippen LogP) is 2.86. The molecular weight excluding hydrogens is 264 g/mol. The molecule has 0 radical (unpaired) electrons. The van der Waals surface area contributed by atoms with Gasteiger partial charge in [0, 0.05) is 25.8 Å². The number of ketones is 1. The number of carbonyl (C=O) groups excluding carboxylic acids is 2. The summed E-state index contributed by atoms with van der Waals surface area (Å²) in [4.78, 5) is 27.4. The van der Waals surface area contributed by atoms with Crippen LogP contribution in [0.15, 0.2) is 18.2 Å². The van der Waals surface area contributed by atoms with Crippen molar-refractivity contribution in [1.82, 2.24) is 0 Å². The van der Waals surface area contributed by atoms with Crippen LogP contribution in [0.4, 0.5) is 11.4 Å². The molecule has 2 heterocycles. The van der Waals surface area contributed by atoms with Crippen LogP contribution in [-0.4, -0.2) is 31.8 Å². The van der Waals surface area contributed by atoms with E-state index in [0.717, 1.165) is 24.5 Å². The first-order valence-electron chi connectivity index (χ1n) is 7.66. The molecule has 1 fully saturated rings. The summed E-state index contributed by atoms with van der Waals surface area (Å²) >= 11 is 0. The Labute approximate surface area is 125 Å². The number of hydrogen-bond donors (Lipinski definition) is 0. The molecule has 4 heteroatoms. The van der Waals surface area contributed by atoms with Crippen LogP contribution in [0.5, 0.6) is 0 Å². The zero-order chi connectivity index (χ0) is 15.2. The summed E-state index contributed by atoms with van der Waals surface area (Å²) in [5, 5.41) is 0. The van der Waals surface area contributed by atoms with Gasteiger partial charge in [-0.25, -0.2) is 0 Å². The summed E-state index contributed by atoms with van der Waals surface area (Å²) in [6.07, 6.45) is 3.60.